The molecule has 1 aliphatic heterocycles. The standard InChI is InChI=1S/C19H24BNO3S/c1-16-9-11-18(12-10-16)25(22,23)21-19(2,3)15-24-20(21)14-13-17-7-5-4-6-8-17/h4-12H,13-15H2,1-3H3. The van der Waals surface area contributed by atoms with Gasteiger partial charge >= 0.3 is 7.05 Å². The summed E-state index contributed by atoms with van der Waals surface area (Å²) >= 11 is 0. The molecule has 25 heavy (non-hydrogen) atoms. The van der Waals surface area contributed by atoms with Crippen molar-refractivity contribution in [2.24, 2.45) is 0 Å². The lowest BCUT2D eigenvalue weighted by atomic mass is 9.75. The van der Waals surface area contributed by atoms with Crippen LogP contribution in [0.4, 0.5) is 0 Å². The Morgan fingerprint density at radius 1 is 1.08 bits per heavy atom. The van der Waals surface area contributed by atoms with Crippen LogP contribution in [0.1, 0.15) is 25.0 Å². The van der Waals surface area contributed by atoms with Crippen LogP contribution in [0, 0.1) is 6.92 Å². The number of hydrogen-bond acceptors (Lipinski definition) is 3. The highest BCUT2D eigenvalue weighted by molar-refractivity contribution is 7.90. The molecule has 0 N–H and O–H groups in total. The Bertz CT molecular complexity index is 820. The van der Waals surface area contributed by atoms with Crippen LogP contribution in [-0.4, -0.2) is 31.8 Å². The van der Waals surface area contributed by atoms with Crippen molar-refractivity contribution in [3.8, 4) is 0 Å². The first-order valence-electron chi connectivity index (χ1n) is 8.57. The second kappa shape index (κ2) is 6.94. The zero-order valence-electron chi connectivity index (χ0n) is 15.0. The molecule has 1 fully saturated rings. The Morgan fingerprint density at radius 2 is 1.72 bits per heavy atom. The quantitative estimate of drug-likeness (QED) is 0.769. The third kappa shape index (κ3) is 3.81. The second-order valence-electron chi connectivity index (χ2n) is 7.22. The van der Waals surface area contributed by atoms with Gasteiger partial charge in [-0.15, -0.1) is 0 Å². The smallest absolute Gasteiger partial charge is 0.397 e. The summed E-state index contributed by atoms with van der Waals surface area (Å²) in [5.74, 6) is 0. The fraction of sp³-hybridized carbons (Fsp3) is 0.368. The molecule has 3 rings (SSSR count). The summed E-state index contributed by atoms with van der Waals surface area (Å²) in [6, 6.07) is 17.1. The Hall–Kier alpha value is -1.63. The van der Waals surface area contributed by atoms with Crippen LogP contribution in [-0.2, 0) is 21.1 Å². The molecule has 0 aliphatic carbocycles. The Balaban J connectivity index is 1.85. The molecular formula is C19H24BNO3S. The van der Waals surface area contributed by atoms with E-state index in [1.165, 1.54) is 5.56 Å². The van der Waals surface area contributed by atoms with Gasteiger partial charge in [-0.1, -0.05) is 48.0 Å². The van der Waals surface area contributed by atoms with Gasteiger partial charge in [0.15, 0.2) is 0 Å². The molecule has 0 saturated carbocycles. The number of benzene rings is 2. The highest BCUT2D eigenvalue weighted by atomic mass is 32.2. The molecule has 1 heterocycles. The summed E-state index contributed by atoms with van der Waals surface area (Å²) in [5, 5.41) is 0. The zero-order chi connectivity index (χ0) is 18.1. The van der Waals surface area contributed by atoms with E-state index in [1.807, 2.05) is 51.1 Å². The van der Waals surface area contributed by atoms with E-state index in [0.29, 0.717) is 17.8 Å². The molecular weight excluding hydrogens is 333 g/mol. The fourth-order valence-corrected chi connectivity index (χ4v) is 5.15. The van der Waals surface area contributed by atoms with Crippen molar-refractivity contribution >= 4 is 17.1 Å². The molecule has 0 amide bonds. The van der Waals surface area contributed by atoms with Gasteiger partial charge in [0.1, 0.15) is 0 Å². The minimum atomic E-state index is -3.61. The van der Waals surface area contributed by atoms with Gasteiger partial charge in [0.25, 0.3) is 0 Å². The molecule has 0 aromatic heterocycles. The molecule has 0 radical (unpaired) electrons. The lowest BCUT2D eigenvalue weighted by molar-refractivity contribution is 0.270. The monoisotopic (exact) mass is 357 g/mol. The van der Waals surface area contributed by atoms with Gasteiger partial charge in [0.05, 0.1) is 4.90 Å². The van der Waals surface area contributed by atoms with E-state index >= 15 is 0 Å². The molecule has 1 saturated heterocycles. The van der Waals surface area contributed by atoms with Crippen molar-refractivity contribution in [3.63, 3.8) is 0 Å². The topological polar surface area (TPSA) is 46.6 Å². The van der Waals surface area contributed by atoms with Gasteiger partial charge < -0.3 is 4.65 Å². The molecule has 4 nitrogen and oxygen atoms in total. The average Bonchev–Trinajstić information content (AvgIpc) is 2.89. The van der Waals surface area contributed by atoms with Gasteiger partial charge in [-0.3, -0.25) is 0 Å². The summed E-state index contributed by atoms with van der Waals surface area (Å²) in [7, 11) is -4.05. The van der Waals surface area contributed by atoms with Crippen molar-refractivity contribution in [1.82, 2.24) is 4.22 Å². The van der Waals surface area contributed by atoms with Crippen LogP contribution in [0.15, 0.2) is 59.5 Å². The zero-order valence-corrected chi connectivity index (χ0v) is 15.8. The van der Waals surface area contributed by atoms with Crippen molar-refractivity contribution in [2.75, 3.05) is 6.61 Å². The Kier molecular flexibility index (Phi) is 5.05. The molecule has 0 bridgehead atoms. The van der Waals surface area contributed by atoms with E-state index in [4.69, 9.17) is 4.65 Å². The van der Waals surface area contributed by atoms with Crippen molar-refractivity contribution in [1.29, 1.82) is 0 Å². The van der Waals surface area contributed by atoms with Crippen LogP contribution in [0.25, 0.3) is 0 Å². The summed E-state index contributed by atoms with van der Waals surface area (Å²) in [6.07, 6.45) is 1.42. The van der Waals surface area contributed by atoms with Crippen molar-refractivity contribution < 1.29 is 13.1 Å². The summed E-state index contributed by atoms with van der Waals surface area (Å²) in [4.78, 5) is 0.321. The number of hydrogen-bond donors (Lipinski definition) is 0. The first-order chi connectivity index (χ1) is 11.8. The van der Waals surface area contributed by atoms with Crippen LogP contribution >= 0.6 is 0 Å². The lowest BCUT2D eigenvalue weighted by Gasteiger charge is -2.31. The Morgan fingerprint density at radius 3 is 2.36 bits per heavy atom. The van der Waals surface area contributed by atoms with E-state index in [0.717, 1.165) is 12.0 Å². The van der Waals surface area contributed by atoms with Crippen LogP contribution in [0.5, 0.6) is 0 Å². The van der Waals surface area contributed by atoms with E-state index in [1.54, 1.807) is 16.3 Å². The first-order valence-corrected chi connectivity index (χ1v) is 10.0. The highest BCUT2D eigenvalue weighted by Crippen LogP contribution is 2.33. The van der Waals surface area contributed by atoms with Crippen molar-refractivity contribution in [3.05, 3.63) is 65.7 Å². The number of sulfonamides is 1. The number of aryl methyl sites for hydroxylation is 2. The molecule has 132 valence electrons. The molecule has 0 unspecified atom stereocenters. The van der Waals surface area contributed by atoms with Gasteiger partial charge in [-0.2, -0.15) is 0 Å². The predicted octanol–water partition coefficient (Wildman–Crippen LogP) is 3.53. The molecule has 0 atom stereocenters. The maximum absolute atomic E-state index is 13.2. The maximum atomic E-state index is 13.2. The fourth-order valence-electron chi connectivity index (χ4n) is 3.26. The van der Waals surface area contributed by atoms with Crippen LogP contribution in [0.3, 0.4) is 0 Å². The second-order valence-corrected chi connectivity index (χ2v) is 9.03. The van der Waals surface area contributed by atoms with Gasteiger partial charge in [0.2, 0.25) is 10.0 Å². The highest BCUT2D eigenvalue weighted by Gasteiger charge is 2.50. The van der Waals surface area contributed by atoms with E-state index < -0.39 is 22.6 Å². The third-order valence-electron chi connectivity index (χ3n) is 4.59. The summed E-state index contributed by atoms with van der Waals surface area (Å²) in [6.45, 7) is 6.18. The van der Waals surface area contributed by atoms with Crippen LogP contribution in [0.2, 0.25) is 6.32 Å². The molecule has 0 spiro atoms. The molecule has 1 aliphatic rings. The van der Waals surface area contributed by atoms with Gasteiger partial charge in [-0.05, 0) is 51.2 Å². The minimum Gasteiger partial charge on any atom is -0.419 e. The SMILES string of the molecule is Cc1ccc(S(=O)(=O)N2B(CCc3ccccc3)OCC2(C)C)cc1. The average molecular weight is 357 g/mol. The lowest BCUT2D eigenvalue weighted by Crippen LogP contribution is -2.50. The normalized spacial score (nSPS) is 17.8. The predicted molar refractivity (Wildman–Crippen MR) is 101 cm³/mol. The first kappa shape index (κ1) is 18.2. The third-order valence-corrected chi connectivity index (χ3v) is 6.70. The number of nitrogens with zero attached hydrogens (tertiary/aromatic N) is 1. The van der Waals surface area contributed by atoms with Gasteiger partial charge in [-0.25, -0.2) is 12.6 Å². The van der Waals surface area contributed by atoms with Gasteiger partial charge in [0, 0.05) is 12.1 Å². The molecule has 6 heteroatoms. The number of rotatable bonds is 5. The van der Waals surface area contributed by atoms with E-state index in [9.17, 15) is 8.42 Å². The van der Waals surface area contributed by atoms with E-state index in [-0.39, 0.29) is 0 Å². The minimum absolute atomic E-state index is 0.321. The van der Waals surface area contributed by atoms with Crippen LogP contribution < -0.4 is 0 Å². The molecule has 2 aromatic carbocycles. The van der Waals surface area contributed by atoms with E-state index in [2.05, 4.69) is 12.1 Å². The maximum Gasteiger partial charge on any atom is 0.397 e. The Labute approximate surface area is 151 Å². The van der Waals surface area contributed by atoms with Crippen molar-refractivity contribution in [2.45, 2.75) is 43.9 Å². The summed E-state index contributed by atoms with van der Waals surface area (Å²) in [5.41, 5.74) is 1.66. The molecule has 2 aromatic rings. The largest absolute Gasteiger partial charge is 0.419 e. The summed E-state index contributed by atoms with van der Waals surface area (Å²) < 4.78 is 33.9.